The van der Waals surface area contributed by atoms with Crippen molar-refractivity contribution >= 4 is 28.9 Å². The largest absolute Gasteiger partial charge is 0.507 e. The number of benzene rings is 2. The molecule has 0 bridgehead atoms. The molecule has 2 rings (SSSR count). The lowest BCUT2D eigenvalue weighted by molar-refractivity contribution is 0.0941. The Morgan fingerprint density at radius 3 is 2.57 bits per heavy atom. The fraction of sp³-hybridized carbons (Fsp3) is 0.0667. The Hall–Kier alpha value is -2.60. The van der Waals surface area contributed by atoms with Gasteiger partial charge in [0.15, 0.2) is 5.11 Å². The molecule has 0 heterocycles. The Kier molecular flexibility index (Phi) is 4.73. The van der Waals surface area contributed by atoms with Gasteiger partial charge in [-0.15, -0.1) is 0 Å². The van der Waals surface area contributed by atoms with Gasteiger partial charge < -0.3 is 10.4 Å². The molecule has 0 aliphatic carbocycles. The number of hydrazine groups is 1. The number of rotatable bonds is 2. The predicted octanol–water partition coefficient (Wildman–Crippen LogP) is 2.33. The van der Waals surface area contributed by atoms with Crippen molar-refractivity contribution in [3.8, 4) is 5.75 Å². The predicted molar refractivity (Wildman–Crippen MR) is 86.1 cm³/mol. The third-order valence-corrected chi connectivity index (χ3v) is 2.92. The molecule has 21 heavy (non-hydrogen) atoms. The van der Waals surface area contributed by atoms with Crippen molar-refractivity contribution in [3.63, 3.8) is 0 Å². The summed E-state index contributed by atoms with van der Waals surface area (Å²) in [5.41, 5.74) is 7.10. The number of anilines is 1. The number of hydrogen-bond donors (Lipinski definition) is 4. The van der Waals surface area contributed by atoms with Gasteiger partial charge in [0, 0.05) is 5.69 Å². The second-order valence-electron chi connectivity index (χ2n) is 4.42. The molecular weight excluding hydrogens is 286 g/mol. The number of thiocarbonyl (C=S) groups is 1. The zero-order valence-corrected chi connectivity index (χ0v) is 12.2. The fourth-order valence-corrected chi connectivity index (χ4v) is 1.90. The summed E-state index contributed by atoms with van der Waals surface area (Å²) < 4.78 is 0. The van der Waals surface area contributed by atoms with Crippen LogP contribution in [0.25, 0.3) is 0 Å². The van der Waals surface area contributed by atoms with Crippen LogP contribution < -0.4 is 16.2 Å². The van der Waals surface area contributed by atoms with Crippen LogP contribution in [-0.2, 0) is 0 Å². The van der Waals surface area contributed by atoms with E-state index in [1.165, 1.54) is 12.1 Å². The van der Waals surface area contributed by atoms with Gasteiger partial charge in [-0.25, -0.2) is 0 Å². The molecule has 6 heteroatoms. The molecule has 0 radical (unpaired) electrons. The van der Waals surface area contributed by atoms with Crippen LogP contribution in [0.5, 0.6) is 5.75 Å². The second-order valence-corrected chi connectivity index (χ2v) is 4.83. The summed E-state index contributed by atoms with van der Waals surface area (Å²) in [4.78, 5) is 11.9. The quantitative estimate of drug-likeness (QED) is 0.506. The van der Waals surface area contributed by atoms with Crippen molar-refractivity contribution in [2.24, 2.45) is 0 Å². The van der Waals surface area contributed by atoms with E-state index in [1.54, 1.807) is 12.1 Å². The van der Waals surface area contributed by atoms with Crippen LogP contribution in [-0.4, -0.2) is 16.1 Å². The summed E-state index contributed by atoms with van der Waals surface area (Å²) in [6.07, 6.45) is 0. The Morgan fingerprint density at radius 2 is 1.86 bits per heavy atom. The molecule has 0 aliphatic heterocycles. The van der Waals surface area contributed by atoms with Crippen molar-refractivity contribution in [1.29, 1.82) is 0 Å². The summed E-state index contributed by atoms with van der Waals surface area (Å²) >= 11 is 5.08. The number of carbonyl (C=O) groups is 1. The third kappa shape index (κ3) is 4.19. The molecule has 108 valence electrons. The number of aromatic hydroxyl groups is 1. The minimum Gasteiger partial charge on any atom is -0.507 e. The van der Waals surface area contributed by atoms with Gasteiger partial charge in [-0.2, -0.15) is 0 Å². The van der Waals surface area contributed by atoms with Gasteiger partial charge in [-0.05, 0) is 49.0 Å². The molecule has 0 spiro atoms. The Labute approximate surface area is 128 Å². The highest BCUT2D eigenvalue weighted by atomic mass is 32.1. The Bertz CT molecular complexity index is 673. The van der Waals surface area contributed by atoms with Crippen LogP contribution in [0.2, 0.25) is 0 Å². The number of amides is 1. The monoisotopic (exact) mass is 301 g/mol. The topological polar surface area (TPSA) is 73.4 Å². The van der Waals surface area contributed by atoms with Crippen LogP contribution in [0.3, 0.4) is 0 Å². The SMILES string of the molecule is Cc1cccc(NC(=S)NNC(=O)c2ccccc2O)c1. The molecule has 0 unspecified atom stereocenters. The molecule has 2 aromatic rings. The summed E-state index contributed by atoms with van der Waals surface area (Å²) in [6, 6.07) is 13.9. The number of phenolic OH excluding ortho intramolecular Hbond substituents is 1. The minimum absolute atomic E-state index is 0.0886. The van der Waals surface area contributed by atoms with E-state index in [1.807, 2.05) is 31.2 Å². The Balaban J connectivity index is 1.90. The van der Waals surface area contributed by atoms with E-state index < -0.39 is 5.91 Å². The number of nitrogens with one attached hydrogen (secondary N) is 3. The summed E-state index contributed by atoms with van der Waals surface area (Å²) in [5, 5.41) is 12.8. The Morgan fingerprint density at radius 1 is 1.10 bits per heavy atom. The normalized spacial score (nSPS) is 9.76. The van der Waals surface area contributed by atoms with E-state index in [0.29, 0.717) is 0 Å². The molecule has 0 saturated heterocycles. The van der Waals surface area contributed by atoms with Crippen LogP contribution in [0.1, 0.15) is 15.9 Å². The first-order chi connectivity index (χ1) is 10.1. The first-order valence-electron chi connectivity index (χ1n) is 6.28. The molecule has 0 aromatic heterocycles. The van der Waals surface area contributed by atoms with Crippen molar-refractivity contribution in [2.45, 2.75) is 6.92 Å². The highest BCUT2D eigenvalue weighted by molar-refractivity contribution is 7.80. The number of carbonyl (C=O) groups excluding carboxylic acids is 1. The number of aryl methyl sites for hydroxylation is 1. The van der Waals surface area contributed by atoms with E-state index in [2.05, 4.69) is 16.2 Å². The van der Waals surface area contributed by atoms with Gasteiger partial charge in [0.25, 0.3) is 5.91 Å². The second kappa shape index (κ2) is 6.71. The van der Waals surface area contributed by atoms with Gasteiger partial charge in [0.2, 0.25) is 0 Å². The van der Waals surface area contributed by atoms with Crippen molar-refractivity contribution in [1.82, 2.24) is 10.9 Å². The average Bonchev–Trinajstić information content (AvgIpc) is 2.45. The van der Waals surface area contributed by atoms with Crippen molar-refractivity contribution in [3.05, 3.63) is 59.7 Å². The van der Waals surface area contributed by atoms with Crippen molar-refractivity contribution < 1.29 is 9.90 Å². The summed E-state index contributed by atoms with van der Waals surface area (Å²) in [7, 11) is 0. The molecule has 5 nitrogen and oxygen atoms in total. The van der Waals surface area contributed by atoms with Gasteiger partial charge in [0.05, 0.1) is 5.56 Å². The van der Waals surface area contributed by atoms with Crippen LogP contribution in [0, 0.1) is 6.92 Å². The fourth-order valence-electron chi connectivity index (χ4n) is 1.73. The lowest BCUT2D eigenvalue weighted by Crippen LogP contribution is -2.43. The van der Waals surface area contributed by atoms with Gasteiger partial charge in [-0.1, -0.05) is 24.3 Å². The van der Waals surface area contributed by atoms with Crippen LogP contribution >= 0.6 is 12.2 Å². The first kappa shape index (κ1) is 14.8. The van der Waals surface area contributed by atoms with Gasteiger partial charge in [-0.3, -0.25) is 15.6 Å². The molecule has 0 saturated carbocycles. The standard InChI is InChI=1S/C15H15N3O2S/c1-10-5-4-6-11(9-10)16-15(21)18-17-14(20)12-7-2-3-8-13(12)19/h2-9,19H,1H3,(H,17,20)(H2,16,18,21). The molecule has 2 aromatic carbocycles. The lowest BCUT2D eigenvalue weighted by atomic mass is 10.2. The van der Waals surface area contributed by atoms with E-state index >= 15 is 0 Å². The molecular formula is C15H15N3O2S. The average molecular weight is 301 g/mol. The van der Waals surface area contributed by atoms with E-state index in [-0.39, 0.29) is 16.4 Å². The maximum absolute atomic E-state index is 11.9. The zero-order chi connectivity index (χ0) is 15.2. The lowest BCUT2D eigenvalue weighted by Gasteiger charge is -2.12. The highest BCUT2D eigenvalue weighted by Crippen LogP contribution is 2.14. The number of phenols is 1. The van der Waals surface area contributed by atoms with E-state index in [0.717, 1.165) is 11.3 Å². The molecule has 4 N–H and O–H groups in total. The third-order valence-electron chi connectivity index (χ3n) is 2.71. The maximum Gasteiger partial charge on any atom is 0.273 e. The molecule has 0 fully saturated rings. The summed E-state index contributed by atoms with van der Waals surface area (Å²) in [5.74, 6) is -0.559. The van der Waals surface area contributed by atoms with Crippen LogP contribution in [0.4, 0.5) is 5.69 Å². The van der Waals surface area contributed by atoms with E-state index in [4.69, 9.17) is 12.2 Å². The van der Waals surface area contributed by atoms with Gasteiger partial charge in [0.1, 0.15) is 5.75 Å². The van der Waals surface area contributed by atoms with Crippen LogP contribution in [0.15, 0.2) is 48.5 Å². The minimum atomic E-state index is -0.471. The van der Waals surface area contributed by atoms with Gasteiger partial charge >= 0.3 is 0 Å². The summed E-state index contributed by atoms with van der Waals surface area (Å²) in [6.45, 7) is 1.97. The first-order valence-corrected chi connectivity index (χ1v) is 6.69. The van der Waals surface area contributed by atoms with E-state index in [9.17, 15) is 9.90 Å². The number of para-hydroxylation sites is 1. The smallest absolute Gasteiger partial charge is 0.273 e. The zero-order valence-electron chi connectivity index (χ0n) is 11.4. The maximum atomic E-state index is 11.9. The molecule has 0 atom stereocenters. The number of hydrogen-bond acceptors (Lipinski definition) is 3. The molecule has 1 amide bonds. The highest BCUT2D eigenvalue weighted by Gasteiger charge is 2.09. The molecule has 0 aliphatic rings. The van der Waals surface area contributed by atoms with Crippen molar-refractivity contribution in [2.75, 3.05) is 5.32 Å².